The highest BCUT2D eigenvalue weighted by atomic mass is 16.3. The highest BCUT2D eigenvalue weighted by Crippen LogP contribution is 2.23. The van der Waals surface area contributed by atoms with Crippen LogP contribution in [0.1, 0.15) is 13.8 Å². The van der Waals surface area contributed by atoms with Crippen LogP contribution in [0.15, 0.2) is 24.3 Å². The number of hydrogen-bond donors (Lipinski definition) is 3. The molecule has 0 amide bonds. The first-order chi connectivity index (χ1) is 9.15. The third kappa shape index (κ3) is 2.93. The predicted octanol–water partition coefficient (Wildman–Crippen LogP) is 2.10. The van der Waals surface area contributed by atoms with E-state index in [0.717, 1.165) is 16.7 Å². The third-order valence-electron chi connectivity index (χ3n) is 3.33. The first-order valence-electron chi connectivity index (χ1n) is 6.47. The molecule has 2 atom stereocenters. The molecule has 0 aliphatic rings. The van der Waals surface area contributed by atoms with Crippen molar-refractivity contribution in [1.82, 2.24) is 9.97 Å². The molecule has 0 saturated carbocycles. The summed E-state index contributed by atoms with van der Waals surface area (Å²) < 4.78 is 0. The molecule has 1 aromatic heterocycles. The molecule has 0 aliphatic heterocycles. The number of aromatic nitrogens is 2. The summed E-state index contributed by atoms with van der Waals surface area (Å²) in [7, 11) is 1.80. The van der Waals surface area contributed by atoms with Gasteiger partial charge in [-0.15, -0.1) is 0 Å². The van der Waals surface area contributed by atoms with Gasteiger partial charge >= 0.3 is 0 Å². The van der Waals surface area contributed by atoms with Gasteiger partial charge in [-0.3, -0.25) is 0 Å². The molecule has 2 aromatic rings. The van der Waals surface area contributed by atoms with Crippen molar-refractivity contribution in [3.63, 3.8) is 0 Å². The summed E-state index contributed by atoms with van der Waals surface area (Å²) in [6.45, 7) is 4.19. The molecule has 0 bridgehead atoms. The van der Waals surface area contributed by atoms with Gasteiger partial charge in [-0.05, 0) is 25.0 Å². The lowest BCUT2D eigenvalue weighted by atomic mass is 10.1. The molecule has 1 aromatic carbocycles. The minimum atomic E-state index is 0.132. The lowest BCUT2D eigenvalue weighted by Crippen LogP contribution is -2.27. The quantitative estimate of drug-likeness (QED) is 0.768. The second-order valence-electron chi connectivity index (χ2n) is 4.76. The zero-order chi connectivity index (χ0) is 13.8. The van der Waals surface area contributed by atoms with E-state index < -0.39 is 0 Å². The molecule has 0 spiro atoms. The van der Waals surface area contributed by atoms with Gasteiger partial charge in [-0.1, -0.05) is 19.1 Å². The van der Waals surface area contributed by atoms with E-state index in [9.17, 15) is 5.11 Å². The molecule has 5 heteroatoms. The molecule has 0 saturated heterocycles. The maximum Gasteiger partial charge on any atom is 0.224 e. The van der Waals surface area contributed by atoms with Crippen molar-refractivity contribution in [2.24, 2.45) is 5.92 Å². The van der Waals surface area contributed by atoms with Gasteiger partial charge in [0, 0.05) is 25.1 Å². The maximum atomic E-state index is 9.21. The summed E-state index contributed by atoms with van der Waals surface area (Å²) in [6, 6.07) is 8.01. The number of nitrogens with zero attached hydrogens (tertiary/aromatic N) is 2. The molecule has 0 fully saturated rings. The summed E-state index contributed by atoms with van der Waals surface area (Å²) in [6.07, 6.45) is 0. The van der Waals surface area contributed by atoms with Crippen LogP contribution >= 0.6 is 0 Å². The van der Waals surface area contributed by atoms with Crippen molar-refractivity contribution < 1.29 is 5.11 Å². The van der Waals surface area contributed by atoms with Crippen LogP contribution in [-0.2, 0) is 0 Å². The van der Waals surface area contributed by atoms with Crippen LogP contribution in [0.3, 0.4) is 0 Å². The van der Waals surface area contributed by atoms with Gasteiger partial charge < -0.3 is 15.7 Å². The number of aliphatic hydroxyl groups is 1. The number of para-hydroxylation sites is 1. The Hall–Kier alpha value is -1.88. The molecule has 5 nitrogen and oxygen atoms in total. The number of hydrogen-bond acceptors (Lipinski definition) is 5. The topological polar surface area (TPSA) is 70.1 Å². The van der Waals surface area contributed by atoms with Crippen LogP contribution in [0.5, 0.6) is 0 Å². The fourth-order valence-electron chi connectivity index (χ4n) is 1.81. The summed E-state index contributed by atoms with van der Waals surface area (Å²) in [4.78, 5) is 8.88. The lowest BCUT2D eigenvalue weighted by Gasteiger charge is -2.21. The number of nitrogens with one attached hydrogen (secondary N) is 2. The van der Waals surface area contributed by atoms with Crippen LogP contribution in [0.4, 0.5) is 11.8 Å². The zero-order valence-electron chi connectivity index (χ0n) is 11.5. The van der Waals surface area contributed by atoms with Crippen molar-refractivity contribution in [2.45, 2.75) is 19.9 Å². The minimum Gasteiger partial charge on any atom is -0.396 e. The van der Waals surface area contributed by atoms with E-state index in [1.54, 1.807) is 7.05 Å². The molecule has 2 rings (SSSR count). The van der Waals surface area contributed by atoms with E-state index in [4.69, 9.17) is 0 Å². The fourth-order valence-corrected chi connectivity index (χ4v) is 1.81. The van der Waals surface area contributed by atoms with E-state index >= 15 is 0 Å². The van der Waals surface area contributed by atoms with Gasteiger partial charge in [0.15, 0.2) is 0 Å². The molecule has 2 unspecified atom stereocenters. The number of aliphatic hydroxyl groups excluding tert-OH is 1. The van der Waals surface area contributed by atoms with Crippen molar-refractivity contribution in [2.75, 3.05) is 24.3 Å². The molecular weight excluding hydrogens is 240 g/mol. The molecule has 0 radical (unpaired) electrons. The van der Waals surface area contributed by atoms with Gasteiger partial charge in [0.2, 0.25) is 5.95 Å². The lowest BCUT2D eigenvalue weighted by molar-refractivity contribution is 0.226. The molecular formula is C14H20N4O. The van der Waals surface area contributed by atoms with Gasteiger partial charge in [0.1, 0.15) is 5.82 Å². The summed E-state index contributed by atoms with van der Waals surface area (Å²) in [5.74, 6) is 1.54. The Morgan fingerprint density at radius 3 is 2.63 bits per heavy atom. The highest BCUT2D eigenvalue weighted by Gasteiger charge is 2.14. The second-order valence-corrected chi connectivity index (χ2v) is 4.76. The van der Waals surface area contributed by atoms with Crippen molar-refractivity contribution in [3.05, 3.63) is 24.3 Å². The first kappa shape index (κ1) is 13.5. The summed E-state index contributed by atoms with van der Waals surface area (Å²) in [5, 5.41) is 16.5. The molecule has 3 N–H and O–H groups in total. The standard InChI is InChI=1S/C14H20N4O/c1-9(8-19)10(2)16-13-11-6-4-5-7-12(11)17-14(15-3)18-13/h4-7,9-10,19H,8H2,1-3H3,(H2,15,16,17,18). The Labute approximate surface area is 113 Å². The Balaban J connectivity index is 2.40. The fraction of sp³-hybridized carbons (Fsp3) is 0.429. The smallest absolute Gasteiger partial charge is 0.224 e. The number of rotatable bonds is 5. The molecule has 102 valence electrons. The zero-order valence-corrected chi connectivity index (χ0v) is 11.5. The Morgan fingerprint density at radius 2 is 1.95 bits per heavy atom. The monoisotopic (exact) mass is 260 g/mol. The van der Waals surface area contributed by atoms with Crippen molar-refractivity contribution in [3.8, 4) is 0 Å². The van der Waals surface area contributed by atoms with Crippen LogP contribution in [0.25, 0.3) is 10.9 Å². The molecule has 1 heterocycles. The Kier molecular flexibility index (Phi) is 4.16. The van der Waals surface area contributed by atoms with E-state index in [0.29, 0.717) is 5.95 Å². The second kappa shape index (κ2) is 5.84. The third-order valence-corrected chi connectivity index (χ3v) is 3.33. The number of fused-ring (bicyclic) bond motifs is 1. The van der Waals surface area contributed by atoms with E-state index in [1.165, 1.54) is 0 Å². The van der Waals surface area contributed by atoms with Crippen molar-refractivity contribution >= 4 is 22.7 Å². The Morgan fingerprint density at radius 1 is 1.21 bits per heavy atom. The van der Waals surface area contributed by atoms with E-state index in [1.807, 2.05) is 38.1 Å². The van der Waals surface area contributed by atoms with Crippen LogP contribution in [0.2, 0.25) is 0 Å². The normalized spacial score (nSPS) is 14.1. The van der Waals surface area contributed by atoms with Crippen molar-refractivity contribution in [1.29, 1.82) is 0 Å². The SMILES string of the molecule is CNc1nc(NC(C)C(C)CO)c2ccccc2n1. The average molecular weight is 260 g/mol. The highest BCUT2D eigenvalue weighted by molar-refractivity contribution is 5.90. The number of benzene rings is 1. The summed E-state index contributed by atoms with van der Waals surface area (Å²) in [5.41, 5.74) is 0.896. The van der Waals surface area contributed by atoms with E-state index in [2.05, 4.69) is 20.6 Å². The van der Waals surface area contributed by atoms with Crippen LogP contribution in [0, 0.1) is 5.92 Å². The van der Waals surface area contributed by atoms with Crippen LogP contribution in [-0.4, -0.2) is 34.8 Å². The van der Waals surface area contributed by atoms with Gasteiger partial charge in [-0.2, -0.15) is 4.98 Å². The van der Waals surface area contributed by atoms with Gasteiger partial charge in [-0.25, -0.2) is 4.98 Å². The maximum absolute atomic E-state index is 9.21. The molecule has 0 aliphatic carbocycles. The van der Waals surface area contributed by atoms with Gasteiger partial charge in [0.05, 0.1) is 5.52 Å². The minimum absolute atomic E-state index is 0.132. The van der Waals surface area contributed by atoms with Gasteiger partial charge in [0.25, 0.3) is 0 Å². The Bertz CT molecular complexity index is 558. The molecule has 19 heavy (non-hydrogen) atoms. The predicted molar refractivity (Wildman–Crippen MR) is 78.4 cm³/mol. The summed E-state index contributed by atoms with van der Waals surface area (Å²) >= 11 is 0. The van der Waals surface area contributed by atoms with Crippen LogP contribution < -0.4 is 10.6 Å². The van der Waals surface area contributed by atoms with E-state index in [-0.39, 0.29) is 18.6 Å². The number of anilines is 2. The average Bonchev–Trinajstić information content (AvgIpc) is 2.46. The largest absolute Gasteiger partial charge is 0.396 e. The first-order valence-corrected chi connectivity index (χ1v) is 6.47.